The quantitative estimate of drug-likeness (QED) is 0.891. The molecule has 19 heavy (non-hydrogen) atoms. The highest BCUT2D eigenvalue weighted by molar-refractivity contribution is 6.33. The van der Waals surface area contributed by atoms with Gasteiger partial charge in [-0.2, -0.15) is 0 Å². The number of piperidine rings is 1. The summed E-state index contributed by atoms with van der Waals surface area (Å²) < 4.78 is 0. The molecule has 106 valence electrons. The number of hydrogen-bond donors (Lipinski definition) is 2. The maximum absolute atomic E-state index is 9.74. The molecule has 0 aromatic heterocycles. The number of nitrogens with one attached hydrogen (secondary N) is 1. The number of aliphatic hydroxyl groups is 1. The topological polar surface area (TPSA) is 35.5 Å². The van der Waals surface area contributed by atoms with Gasteiger partial charge in [-0.25, -0.2) is 0 Å². The van der Waals surface area contributed by atoms with Crippen LogP contribution in [0.3, 0.4) is 0 Å². The van der Waals surface area contributed by atoms with Crippen molar-refractivity contribution in [3.05, 3.63) is 28.8 Å². The summed E-state index contributed by atoms with van der Waals surface area (Å²) in [5.74, 6) is 0. The first kappa shape index (κ1) is 14.6. The molecular weight excluding hydrogens is 260 g/mol. The monoisotopic (exact) mass is 282 g/mol. The van der Waals surface area contributed by atoms with Gasteiger partial charge in [0.25, 0.3) is 0 Å². The minimum Gasteiger partial charge on any atom is -0.391 e. The molecule has 0 saturated carbocycles. The van der Waals surface area contributed by atoms with Crippen LogP contribution in [-0.4, -0.2) is 30.3 Å². The SMILES string of the molecule is CC(C)NCc1ccc(N2CCCC(O)C2)c(Cl)c1. The number of anilines is 1. The zero-order chi connectivity index (χ0) is 13.8. The van der Waals surface area contributed by atoms with E-state index in [0.29, 0.717) is 12.6 Å². The molecule has 2 N–H and O–H groups in total. The van der Waals surface area contributed by atoms with Crippen molar-refractivity contribution in [1.29, 1.82) is 0 Å². The molecule has 0 aliphatic carbocycles. The summed E-state index contributed by atoms with van der Waals surface area (Å²) in [5, 5.41) is 13.9. The molecule has 1 aliphatic heterocycles. The summed E-state index contributed by atoms with van der Waals surface area (Å²) in [6.45, 7) is 6.75. The number of halogens is 1. The van der Waals surface area contributed by atoms with Crippen molar-refractivity contribution in [2.75, 3.05) is 18.0 Å². The van der Waals surface area contributed by atoms with Crippen molar-refractivity contribution < 1.29 is 5.11 Å². The second-order valence-electron chi connectivity index (χ2n) is 5.56. The van der Waals surface area contributed by atoms with Crippen molar-refractivity contribution >= 4 is 17.3 Å². The maximum atomic E-state index is 9.74. The molecule has 1 fully saturated rings. The van der Waals surface area contributed by atoms with E-state index in [1.165, 1.54) is 5.56 Å². The molecule has 0 radical (unpaired) electrons. The lowest BCUT2D eigenvalue weighted by Gasteiger charge is -2.32. The van der Waals surface area contributed by atoms with Gasteiger partial charge in [-0.15, -0.1) is 0 Å². The number of rotatable bonds is 4. The minimum atomic E-state index is -0.230. The highest BCUT2D eigenvalue weighted by Crippen LogP contribution is 2.29. The van der Waals surface area contributed by atoms with Crippen molar-refractivity contribution in [1.82, 2.24) is 5.32 Å². The van der Waals surface area contributed by atoms with Crippen LogP contribution in [-0.2, 0) is 6.54 Å². The van der Waals surface area contributed by atoms with E-state index in [2.05, 4.69) is 36.2 Å². The van der Waals surface area contributed by atoms with Crippen LogP contribution >= 0.6 is 11.6 Å². The van der Waals surface area contributed by atoms with Crippen LogP contribution in [0.1, 0.15) is 32.3 Å². The summed E-state index contributed by atoms with van der Waals surface area (Å²) >= 11 is 6.37. The highest BCUT2D eigenvalue weighted by atomic mass is 35.5. The van der Waals surface area contributed by atoms with E-state index in [9.17, 15) is 5.11 Å². The van der Waals surface area contributed by atoms with Crippen molar-refractivity contribution in [3.63, 3.8) is 0 Å². The van der Waals surface area contributed by atoms with Crippen LogP contribution in [0.4, 0.5) is 5.69 Å². The number of β-amino-alcohol motifs (C(OH)–C–C–N with tert-alkyl or cyclic N) is 1. The molecule has 0 bridgehead atoms. The van der Waals surface area contributed by atoms with Crippen LogP contribution in [0.25, 0.3) is 0 Å². The predicted molar refractivity (Wildman–Crippen MR) is 80.9 cm³/mol. The fourth-order valence-electron chi connectivity index (χ4n) is 2.41. The van der Waals surface area contributed by atoms with Crippen molar-refractivity contribution in [2.45, 2.75) is 45.4 Å². The first-order chi connectivity index (χ1) is 9.06. The normalized spacial score (nSPS) is 20.1. The Morgan fingerprint density at radius 2 is 2.26 bits per heavy atom. The van der Waals surface area contributed by atoms with Gasteiger partial charge in [0.1, 0.15) is 0 Å². The molecular formula is C15H23ClN2O. The molecule has 1 aromatic carbocycles. The summed E-state index contributed by atoms with van der Waals surface area (Å²) in [6.07, 6.45) is 1.69. The van der Waals surface area contributed by atoms with Crippen LogP contribution in [0.5, 0.6) is 0 Å². The number of benzene rings is 1. The molecule has 1 aliphatic rings. The molecule has 2 rings (SSSR count). The Labute approximate surface area is 120 Å². The lowest BCUT2D eigenvalue weighted by Crippen LogP contribution is -2.38. The van der Waals surface area contributed by atoms with Crippen LogP contribution in [0.2, 0.25) is 5.02 Å². The highest BCUT2D eigenvalue weighted by Gasteiger charge is 2.19. The minimum absolute atomic E-state index is 0.230. The number of nitrogens with zero attached hydrogens (tertiary/aromatic N) is 1. The largest absolute Gasteiger partial charge is 0.391 e. The second kappa shape index (κ2) is 6.60. The van der Waals surface area contributed by atoms with Crippen molar-refractivity contribution in [3.8, 4) is 0 Å². The van der Waals surface area contributed by atoms with Crippen LogP contribution < -0.4 is 10.2 Å². The first-order valence-corrected chi connectivity index (χ1v) is 7.39. The van der Waals surface area contributed by atoms with Gasteiger partial charge < -0.3 is 15.3 Å². The number of hydrogen-bond acceptors (Lipinski definition) is 3. The van der Waals surface area contributed by atoms with Crippen LogP contribution in [0.15, 0.2) is 18.2 Å². The molecule has 0 amide bonds. The fourth-order valence-corrected chi connectivity index (χ4v) is 2.74. The maximum Gasteiger partial charge on any atom is 0.0715 e. The Balaban J connectivity index is 2.06. The summed E-state index contributed by atoms with van der Waals surface area (Å²) in [7, 11) is 0. The van der Waals surface area contributed by atoms with E-state index in [1.54, 1.807) is 0 Å². The zero-order valence-corrected chi connectivity index (χ0v) is 12.5. The molecule has 3 nitrogen and oxygen atoms in total. The van der Waals surface area contributed by atoms with Crippen molar-refractivity contribution in [2.24, 2.45) is 0 Å². The van der Waals surface area contributed by atoms with E-state index in [-0.39, 0.29) is 6.10 Å². The van der Waals surface area contributed by atoms with Gasteiger partial charge in [-0.3, -0.25) is 0 Å². The van der Waals surface area contributed by atoms with Gasteiger partial charge in [0.2, 0.25) is 0 Å². The molecule has 1 heterocycles. The fraction of sp³-hybridized carbons (Fsp3) is 0.600. The van der Waals surface area contributed by atoms with E-state index in [4.69, 9.17) is 11.6 Å². The zero-order valence-electron chi connectivity index (χ0n) is 11.7. The average Bonchev–Trinajstić information content (AvgIpc) is 2.36. The van der Waals surface area contributed by atoms with Gasteiger partial charge in [0.05, 0.1) is 16.8 Å². The first-order valence-electron chi connectivity index (χ1n) is 7.01. The van der Waals surface area contributed by atoms with Gasteiger partial charge >= 0.3 is 0 Å². The van der Waals surface area contributed by atoms with Gasteiger partial charge in [-0.05, 0) is 30.5 Å². The summed E-state index contributed by atoms with van der Waals surface area (Å²) in [5.41, 5.74) is 2.23. The Kier molecular flexibility index (Phi) is 5.08. The van der Waals surface area contributed by atoms with Gasteiger partial charge in [0, 0.05) is 25.7 Å². The third kappa shape index (κ3) is 4.10. The van der Waals surface area contributed by atoms with Gasteiger partial charge in [-0.1, -0.05) is 31.5 Å². The predicted octanol–water partition coefficient (Wildman–Crippen LogP) is 2.80. The molecule has 1 saturated heterocycles. The summed E-state index contributed by atoms with van der Waals surface area (Å²) in [6, 6.07) is 6.67. The second-order valence-corrected chi connectivity index (χ2v) is 5.97. The standard InChI is InChI=1S/C15H23ClN2O/c1-11(2)17-9-12-5-6-15(14(16)8-12)18-7-3-4-13(19)10-18/h5-6,8,11,13,17,19H,3-4,7,9-10H2,1-2H3. The molecule has 1 aromatic rings. The smallest absolute Gasteiger partial charge is 0.0715 e. The average molecular weight is 283 g/mol. The third-order valence-electron chi connectivity index (χ3n) is 3.46. The third-order valence-corrected chi connectivity index (χ3v) is 3.77. The Bertz CT molecular complexity index is 423. The Morgan fingerprint density at radius 3 is 2.89 bits per heavy atom. The van der Waals surface area contributed by atoms with Gasteiger partial charge in [0.15, 0.2) is 0 Å². The molecule has 0 spiro atoms. The van der Waals surface area contributed by atoms with E-state index in [0.717, 1.165) is 36.6 Å². The summed E-state index contributed by atoms with van der Waals surface area (Å²) in [4.78, 5) is 2.18. The van der Waals surface area contributed by atoms with E-state index in [1.807, 2.05) is 6.07 Å². The lowest BCUT2D eigenvalue weighted by atomic mass is 10.1. The Morgan fingerprint density at radius 1 is 1.47 bits per heavy atom. The van der Waals surface area contributed by atoms with E-state index >= 15 is 0 Å². The van der Waals surface area contributed by atoms with E-state index < -0.39 is 0 Å². The number of aliphatic hydroxyl groups excluding tert-OH is 1. The molecule has 1 atom stereocenters. The van der Waals surface area contributed by atoms with Crippen LogP contribution in [0, 0.1) is 0 Å². The lowest BCUT2D eigenvalue weighted by molar-refractivity contribution is 0.154. The molecule has 4 heteroatoms. The Hall–Kier alpha value is -0.770. The molecule has 1 unspecified atom stereocenters.